The number of hydrogen-bond acceptors (Lipinski definition) is 3. The molecule has 0 spiro atoms. The Morgan fingerprint density at radius 3 is 2.61 bits per heavy atom. The Bertz CT molecular complexity index is 1510. The van der Waals surface area contributed by atoms with Gasteiger partial charge in [-0.15, -0.1) is 0 Å². The number of nitrogens with zero attached hydrogens (tertiary/aromatic N) is 2. The quantitative estimate of drug-likeness (QED) is 0.238. The van der Waals surface area contributed by atoms with Crippen LogP contribution in [0.2, 0.25) is 10.0 Å². The summed E-state index contributed by atoms with van der Waals surface area (Å²) in [6.07, 6.45) is 0. The summed E-state index contributed by atoms with van der Waals surface area (Å²) in [7, 11) is 0. The Labute approximate surface area is 190 Å². The van der Waals surface area contributed by atoms with Gasteiger partial charge in [0.2, 0.25) is 0 Å². The first-order chi connectivity index (χ1) is 15.0. The largest absolute Gasteiger partial charge is 0.349 e. The van der Waals surface area contributed by atoms with Gasteiger partial charge in [0.15, 0.2) is 5.16 Å². The summed E-state index contributed by atoms with van der Waals surface area (Å²) in [4.78, 5) is 21.4. The molecule has 8 heteroatoms. The zero-order chi connectivity index (χ0) is 21.5. The number of rotatable bonds is 4. The SMILES string of the molecule is O=c1c2[nH]c3ccccc3c2nc(SCc2ccc(Cl)cc2Cl)n1-c1ccccc1F. The van der Waals surface area contributed by atoms with E-state index in [1.165, 1.54) is 22.4 Å². The maximum atomic E-state index is 14.7. The van der Waals surface area contributed by atoms with Gasteiger partial charge in [0.1, 0.15) is 16.9 Å². The average Bonchev–Trinajstić information content (AvgIpc) is 3.13. The first kappa shape index (κ1) is 20.1. The molecule has 0 saturated carbocycles. The van der Waals surface area contributed by atoms with Gasteiger partial charge in [-0.25, -0.2) is 9.37 Å². The van der Waals surface area contributed by atoms with Crippen LogP contribution in [0, 0.1) is 5.82 Å². The van der Waals surface area contributed by atoms with Gasteiger partial charge in [0, 0.05) is 26.7 Å². The van der Waals surface area contributed by atoms with Crippen molar-refractivity contribution < 1.29 is 4.39 Å². The summed E-state index contributed by atoms with van der Waals surface area (Å²) in [5.41, 5.74) is 2.30. The third-order valence-corrected chi connectivity index (χ3v) is 6.53. The highest BCUT2D eigenvalue weighted by molar-refractivity contribution is 7.98. The lowest BCUT2D eigenvalue weighted by atomic mass is 10.2. The number of nitrogens with one attached hydrogen (secondary N) is 1. The number of halogens is 3. The van der Waals surface area contributed by atoms with Crippen LogP contribution in [0.5, 0.6) is 0 Å². The molecule has 0 amide bonds. The maximum Gasteiger partial charge on any atom is 0.283 e. The molecule has 1 N–H and O–H groups in total. The van der Waals surface area contributed by atoms with Crippen LogP contribution in [-0.2, 0) is 5.75 Å². The van der Waals surface area contributed by atoms with E-state index in [4.69, 9.17) is 28.2 Å². The monoisotopic (exact) mass is 469 g/mol. The highest BCUT2D eigenvalue weighted by atomic mass is 35.5. The maximum absolute atomic E-state index is 14.7. The summed E-state index contributed by atoms with van der Waals surface area (Å²) in [6.45, 7) is 0. The number of aromatic nitrogens is 3. The molecule has 0 aliphatic rings. The Balaban J connectivity index is 1.72. The van der Waals surface area contributed by atoms with Gasteiger partial charge < -0.3 is 4.98 Å². The lowest BCUT2D eigenvalue weighted by molar-refractivity contribution is 0.608. The Morgan fingerprint density at radius 1 is 1.03 bits per heavy atom. The molecule has 0 radical (unpaired) electrons. The second kappa shape index (κ2) is 8.04. The van der Waals surface area contributed by atoms with E-state index in [0.717, 1.165) is 16.5 Å². The third-order valence-electron chi connectivity index (χ3n) is 4.96. The predicted molar refractivity (Wildman–Crippen MR) is 125 cm³/mol. The molecule has 0 bridgehead atoms. The fourth-order valence-corrected chi connectivity index (χ4v) is 5.02. The van der Waals surface area contributed by atoms with Gasteiger partial charge in [-0.3, -0.25) is 9.36 Å². The van der Waals surface area contributed by atoms with Crippen LogP contribution in [0.25, 0.3) is 27.6 Å². The minimum absolute atomic E-state index is 0.144. The van der Waals surface area contributed by atoms with Gasteiger partial charge in [-0.1, -0.05) is 71.4 Å². The lowest BCUT2D eigenvalue weighted by Crippen LogP contribution is -2.22. The summed E-state index contributed by atoms with van der Waals surface area (Å²) in [5.74, 6) is -0.0710. The Kier molecular flexibility index (Phi) is 5.22. The van der Waals surface area contributed by atoms with Crippen molar-refractivity contribution >= 4 is 56.9 Å². The van der Waals surface area contributed by atoms with E-state index in [1.807, 2.05) is 30.3 Å². The molecule has 0 aliphatic heterocycles. The van der Waals surface area contributed by atoms with Gasteiger partial charge in [-0.05, 0) is 35.9 Å². The van der Waals surface area contributed by atoms with Crippen LogP contribution in [0.4, 0.5) is 4.39 Å². The minimum atomic E-state index is -0.506. The Morgan fingerprint density at radius 2 is 1.81 bits per heavy atom. The van der Waals surface area contributed by atoms with Crippen molar-refractivity contribution in [1.82, 2.24) is 14.5 Å². The highest BCUT2D eigenvalue weighted by Gasteiger charge is 2.19. The van der Waals surface area contributed by atoms with Crippen LogP contribution in [0.15, 0.2) is 76.7 Å². The molecular formula is C23H14Cl2FN3OS. The molecule has 0 fully saturated rings. The molecule has 5 rings (SSSR count). The molecule has 0 atom stereocenters. The van der Waals surface area contributed by atoms with Crippen molar-refractivity contribution in [2.24, 2.45) is 0 Å². The van der Waals surface area contributed by atoms with Crippen molar-refractivity contribution in [3.63, 3.8) is 0 Å². The molecule has 2 heterocycles. The molecule has 154 valence electrons. The summed E-state index contributed by atoms with van der Waals surface area (Å²) in [5, 5.41) is 2.27. The van der Waals surface area contributed by atoms with Crippen molar-refractivity contribution in [2.75, 3.05) is 0 Å². The third kappa shape index (κ3) is 3.61. The van der Waals surface area contributed by atoms with Crippen molar-refractivity contribution in [3.05, 3.63) is 98.5 Å². The standard InChI is InChI=1S/C23H14Cl2FN3OS/c24-14-10-9-13(16(25)11-14)12-31-23-28-20-15-5-1-3-7-18(15)27-21(20)22(30)29(23)19-8-4-2-6-17(19)26/h1-11,27H,12H2. The number of hydrogen-bond donors (Lipinski definition) is 1. The van der Waals surface area contributed by atoms with Crippen LogP contribution in [-0.4, -0.2) is 14.5 Å². The van der Waals surface area contributed by atoms with E-state index in [1.54, 1.807) is 30.3 Å². The van der Waals surface area contributed by atoms with Crippen LogP contribution < -0.4 is 5.56 Å². The first-order valence-corrected chi connectivity index (χ1v) is 11.1. The first-order valence-electron chi connectivity index (χ1n) is 9.38. The van der Waals surface area contributed by atoms with Crippen LogP contribution in [0.3, 0.4) is 0 Å². The fourth-order valence-electron chi connectivity index (χ4n) is 3.47. The summed E-state index contributed by atoms with van der Waals surface area (Å²) >= 11 is 13.6. The lowest BCUT2D eigenvalue weighted by Gasteiger charge is -2.13. The van der Waals surface area contributed by atoms with Crippen LogP contribution in [0.1, 0.15) is 5.56 Å². The van der Waals surface area contributed by atoms with E-state index in [9.17, 15) is 9.18 Å². The zero-order valence-corrected chi connectivity index (χ0v) is 18.2. The van der Waals surface area contributed by atoms with E-state index >= 15 is 0 Å². The number of aromatic amines is 1. The van der Waals surface area contributed by atoms with E-state index in [-0.39, 0.29) is 11.2 Å². The molecular weight excluding hydrogens is 456 g/mol. The highest BCUT2D eigenvalue weighted by Crippen LogP contribution is 2.31. The van der Waals surface area contributed by atoms with Gasteiger partial charge in [0.25, 0.3) is 5.56 Å². The molecule has 5 aromatic rings. The van der Waals surface area contributed by atoms with Gasteiger partial charge >= 0.3 is 0 Å². The normalized spacial score (nSPS) is 11.5. The second-order valence-corrected chi connectivity index (χ2v) is 8.69. The molecule has 31 heavy (non-hydrogen) atoms. The summed E-state index contributed by atoms with van der Waals surface area (Å²) in [6, 6.07) is 18.9. The van der Waals surface area contributed by atoms with Crippen molar-refractivity contribution in [3.8, 4) is 5.69 Å². The van der Waals surface area contributed by atoms with Crippen molar-refractivity contribution in [2.45, 2.75) is 10.9 Å². The van der Waals surface area contributed by atoms with Gasteiger partial charge in [-0.2, -0.15) is 0 Å². The Hall–Kier alpha value is -2.80. The van der Waals surface area contributed by atoms with Crippen molar-refractivity contribution in [1.29, 1.82) is 0 Å². The molecule has 4 nitrogen and oxygen atoms in total. The van der Waals surface area contributed by atoms with E-state index in [0.29, 0.717) is 32.0 Å². The number of thioether (sulfide) groups is 1. The molecule has 2 aromatic heterocycles. The van der Waals surface area contributed by atoms with Crippen LogP contribution >= 0.6 is 35.0 Å². The molecule has 0 unspecified atom stereocenters. The topological polar surface area (TPSA) is 50.7 Å². The summed E-state index contributed by atoms with van der Waals surface area (Å²) < 4.78 is 16.0. The molecule has 0 aliphatic carbocycles. The number of para-hydroxylation sites is 2. The smallest absolute Gasteiger partial charge is 0.283 e. The predicted octanol–water partition coefficient (Wildman–Crippen LogP) is 6.61. The van der Waals surface area contributed by atoms with E-state index in [2.05, 4.69) is 4.98 Å². The average molecular weight is 470 g/mol. The number of benzene rings is 3. The molecule has 0 saturated heterocycles. The second-order valence-electron chi connectivity index (χ2n) is 6.90. The number of H-pyrrole nitrogens is 1. The zero-order valence-electron chi connectivity index (χ0n) is 15.9. The van der Waals surface area contributed by atoms with Gasteiger partial charge in [0.05, 0.1) is 5.69 Å². The fraction of sp³-hybridized carbons (Fsp3) is 0.0435. The van der Waals surface area contributed by atoms with E-state index < -0.39 is 5.82 Å². The number of fused-ring (bicyclic) bond motifs is 3. The minimum Gasteiger partial charge on any atom is -0.349 e. The molecule has 3 aromatic carbocycles.